The molecule has 148 valence electrons. The second kappa shape index (κ2) is 10.0. The summed E-state index contributed by atoms with van der Waals surface area (Å²) in [6, 6.07) is 8.83. The molecule has 2 aliphatic rings. The number of hydrogen-bond donors (Lipinski definition) is 2. The molecule has 1 heterocycles. The maximum atomic E-state index is 12.4. The van der Waals surface area contributed by atoms with Crippen molar-refractivity contribution in [3.05, 3.63) is 29.8 Å². The van der Waals surface area contributed by atoms with Gasteiger partial charge in [0.25, 0.3) is 0 Å². The van der Waals surface area contributed by atoms with Crippen molar-refractivity contribution in [2.45, 2.75) is 68.8 Å². The van der Waals surface area contributed by atoms with Crippen LogP contribution in [0, 0.1) is 6.92 Å². The van der Waals surface area contributed by atoms with E-state index in [0.717, 1.165) is 30.6 Å². The normalized spacial score (nSPS) is 18.9. The Kier molecular flexibility index (Phi) is 7.44. The van der Waals surface area contributed by atoms with Gasteiger partial charge < -0.3 is 15.5 Å². The second-order valence-electron chi connectivity index (χ2n) is 7.71. The molecule has 2 N–H and O–H groups in total. The molecule has 0 radical (unpaired) electrons. The molecule has 2 fully saturated rings. The van der Waals surface area contributed by atoms with Crippen molar-refractivity contribution in [3.8, 4) is 0 Å². The van der Waals surface area contributed by atoms with Crippen LogP contribution >= 0.6 is 11.8 Å². The molecule has 3 amide bonds. The zero-order chi connectivity index (χ0) is 19.1. The molecule has 1 aromatic rings. The number of piperidine rings is 1. The molecule has 1 aromatic carbocycles. The molecule has 0 aromatic heterocycles. The highest BCUT2D eigenvalue weighted by molar-refractivity contribution is 8.00. The number of rotatable bonds is 5. The third-order valence-corrected chi connectivity index (χ3v) is 6.48. The summed E-state index contributed by atoms with van der Waals surface area (Å²) in [6.45, 7) is 3.49. The number of aryl methyl sites for hydroxylation is 1. The first kappa shape index (κ1) is 20.1. The fourth-order valence-corrected chi connectivity index (χ4v) is 4.50. The lowest BCUT2D eigenvalue weighted by Gasteiger charge is -2.34. The first-order valence-electron chi connectivity index (χ1n) is 10.1. The lowest BCUT2D eigenvalue weighted by molar-refractivity contribution is -0.119. The molecule has 0 spiro atoms. The van der Waals surface area contributed by atoms with Crippen molar-refractivity contribution in [1.29, 1.82) is 0 Å². The van der Waals surface area contributed by atoms with E-state index in [1.54, 1.807) is 11.8 Å². The molecule has 0 unspecified atom stereocenters. The van der Waals surface area contributed by atoms with Gasteiger partial charge in [0, 0.05) is 30.1 Å². The average Bonchev–Trinajstić information content (AvgIpc) is 2.69. The summed E-state index contributed by atoms with van der Waals surface area (Å²) >= 11 is 1.56. The van der Waals surface area contributed by atoms with Crippen LogP contribution in [0.3, 0.4) is 0 Å². The highest BCUT2D eigenvalue weighted by Crippen LogP contribution is 2.20. The van der Waals surface area contributed by atoms with Crippen LogP contribution in [0.25, 0.3) is 0 Å². The van der Waals surface area contributed by atoms with Crippen LogP contribution in [0.2, 0.25) is 0 Å². The van der Waals surface area contributed by atoms with Gasteiger partial charge in [-0.25, -0.2) is 4.79 Å². The molecule has 5 nitrogen and oxygen atoms in total. The van der Waals surface area contributed by atoms with E-state index >= 15 is 0 Å². The fraction of sp³-hybridized carbons (Fsp3) is 0.619. The number of nitrogens with zero attached hydrogens (tertiary/aromatic N) is 1. The van der Waals surface area contributed by atoms with E-state index in [4.69, 9.17) is 0 Å². The summed E-state index contributed by atoms with van der Waals surface area (Å²) in [6.07, 6.45) is 7.62. The van der Waals surface area contributed by atoms with Crippen LogP contribution in [0.4, 0.5) is 4.79 Å². The maximum absolute atomic E-state index is 12.4. The van der Waals surface area contributed by atoms with Crippen LogP contribution in [-0.2, 0) is 4.79 Å². The van der Waals surface area contributed by atoms with E-state index < -0.39 is 0 Å². The van der Waals surface area contributed by atoms with Gasteiger partial charge >= 0.3 is 6.03 Å². The smallest absolute Gasteiger partial charge is 0.317 e. The van der Waals surface area contributed by atoms with Gasteiger partial charge in [-0.05, 0) is 44.7 Å². The van der Waals surface area contributed by atoms with E-state index in [-0.39, 0.29) is 18.0 Å². The SMILES string of the molecule is Cc1ccc(SCC(=O)NC2CCN(C(=O)NC3CCCCC3)CC2)cc1. The van der Waals surface area contributed by atoms with Crippen molar-refractivity contribution in [2.24, 2.45) is 0 Å². The van der Waals surface area contributed by atoms with Crippen molar-refractivity contribution in [2.75, 3.05) is 18.8 Å². The Balaban J connectivity index is 1.34. The Morgan fingerprint density at radius 2 is 1.59 bits per heavy atom. The molecule has 3 rings (SSSR count). The molecular formula is C21H31N3O2S. The summed E-state index contributed by atoms with van der Waals surface area (Å²) in [7, 11) is 0. The lowest BCUT2D eigenvalue weighted by Crippen LogP contribution is -2.51. The van der Waals surface area contributed by atoms with Crippen molar-refractivity contribution >= 4 is 23.7 Å². The van der Waals surface area contributed by atoms with Gasteiger partial charge in [0.1, 0.15) is 0 Å². The van der Waals surface area contributed by atoms with Crippen LogP contribution in [0.1, 0.15) is 50.5 Å². The quantitative estimate of drug-likeness (QED) is 0.755. The van der Waals surface area contributed by atoms with Crippen molar-refractivity contribution in [3.63, 3.8) is 0 Å². The molecule has 0 atom stereocenters. The van der Waals surface area contributed by atoms with Gasteiger partial charge in [-0.15, -0.1) is 11.8 Å². The van der Waals surface area contributed by atoms with Crippen molar-refractivity contribution < 1.29 is 9.59 Å². The molecule has 1 aliphatic heterocycles. The maximum Gasteiger partial charge on any atom is 0.317 e. The average molecular weight is 390 g/mol. The largest absolute Gasteiger partial charge is 0.353 e. The van der Waals surface area contributed by atoms with Crippen LogP contribution in [0.5, 0.6) is 0 Å². The predicted octanol–water partition coefficient (Wildman–Crippen LogP) is 3.71. The number of urea groups is 1. The highest BCUT2D eigenvalue weighted by atomic mass is 32.2. The highest BCUT2D eigenvalue weighted by Gasteiger charge is 2.25. The van der Waals surface area contributed by atoms with Crippen LogP contribution in [0.15, 0.2) is 29.2 Å². The minimum atomic E-state index is 0.0709. The minimum Gasteiger partial charge on any atom is -0.353 e. The Hall–Kier alpha value is -1.69. The summed E-state index contributed by atoms with van der Waals surface area (Å²) in [5, 5.41) is 6.31. The zero-order valence-electron chi connectivity index (χ0n) is 16.2. The first-order chi connectivity index (χ1) is 13.1. The Bertz CT molecular complexity index is 621. The standard InChI is InChI=1S/C21H31N3O2S/c1-16-7-9-19(10-8-16)27-15-20(25)22-18-11-13-24(14-12-18)21(26)23-17-5-3-2-4-6-17/h7-10,17-18H,2-6,11-15H2,1H3,(H,22,25)(H,23,26). The number of likely N-dealkylation sites (tertiary alicyclic amines) is 1. The van der Waals surface area contributed by atoms with Gasteiger partial charge in [-0.1, -0.05) is 37.0 Å². The second-order valence-corrected chi connectivity index (χ2v) is 8.76. The van der Waals surface area contributed by atoms with E-state index in [0.29, 0.717) is 24.9 Å². The van der Waals surface area contributed by atoms with Gasteiger partial charge in [0.05, 0.1) is 5.75 Å². The van der Waals surface area contributed by atoms with Gasteiger partial charge in [0.15, 0.2) is 0 Å². The van der Waals surface area contributed by atoms with Gasteiger partial charge in [0.2, 0.25) is 5.91 Å². The number of carbonyl (C=O) groups excluding carboxylic acids is 2. The van der Waals surface area contributed by atoms with Crippen molar-refractivity contribution in [1.82, 2.24) is 15.5 Å². The van der Waals surface area contributed by atoms with E-state index in [1.165, 1.54) is 24.8 Å². The van der Waals surface area contributed by atoms with Gasteiger partial charge in [-0.3, -0.25) is 4.79 Å². The summed E-state index contributed by atoms with van der Waals surface area (Å²) in [5.74, 6) is 0.511. The van der Waals surface area contributed by atoms with Gasteiger partial charge in [-0.2, -0.15) is 0 Å². The summed E-state index contributed by atoms with van der Waals surface area (Å²) in [4.78, 5) is 27.6. The first-order valence-corrected chi connectivity index (χ1v) is 11.1. The molecule has 6 heteroatoms. The number of nitrogens with one attached hydrogen (secondary N) is 2. The number of hydrogen-bond acceptors (Lipinski definition) is 3. The zero-order valence-corrected chi connectivity index (χ0v) is 17.0. The summed E-state index contributed by atoms with van der Waals surface area (Å²) in [5.41, 5.74) is 1.23. The number of amides is 3. The van der Waals surface area contributed by atoms with Crippen LogP contribution in [-0.4, -0.2) is 47.8 Å². The van der Waals surface area contributed by atoms with Crippen LogP contribution < -0.4 is 10.6 Å². The number of carbonyl (C=O) groups is 2. The molecule has 27 heavy (non-hydrogen) atoms. The third-order valence-electron chi connectivity index (χ3n) is 5.47. The fourth-order valence-electron chi connectivity index (χ4n) is 3.79. The third kappa shape index (κ3) is 6.45. The molecule has 1 saturated heterocycles. The monoisotopic (exact) mass is 389 g/mol. The Morgan fingerprint density at radius 1 is 0.963 bits per heavy atom. The topological polar surface area (TPSA) is 61.4 Å². The Morgan fingerprint density at radius 3 is 2.26 bits per heavy atom. The number of thioether (sulfide) groups is 1. The minimum absolute atomic E-state index is 0.0709. The molecule has 1 saturated carbocycles. The van der Waals surface area contributed by atoms with E-state index in [1.807, 2.05) is 4.90 Å². The molecule has 1 aliphatic carbocycles. The summed E-state index contributed by atoms with van der Waals surface area (Å²) < 4.78 is 0. The lowest BCUT2D eigenvalue weighted by atomic mass is 9.95. The predicted molar refractivity (Wildman–Crippen MR) is 110 cm³/mol. The number of benzene rings is 1. The van der Waals surface area contributed by atoms with E-state index in [9.17, 15) is 9.59 Å². The molecule has 0 bridgehead atoms. The Labute approximate surface area is 166 Å². The van der Waals surface area contributed by atoms with E-state index in [2.05, 4.69) is 41.8 Å². The molecular weight excluding hydrogens is 358 g/mol.